The summed E-state index contributed by atoms with van der Waals surface area (Å²) in [6.07, 6.45) is 2.04. The van der Waals surface area contributed by atoms with E-state index in [0.29, 0.717) is 13.2 Å². The summed E-state index contributed by atoms with van der Waals surface area (Å²) in [5.41, 5.74) is 5.13. The fraction of sp³-hybridized carbons (Fsp3) is 0.0909. The number of benzene rings is 3. The van der Waals surface area contributed by atoms with E-state index >= 15 is 0 Å². The van der Waals surface area contributed by atoms with Gasteiger partial charge in [0.15, 0.2) is 0 Å². The number of ether oxygens (including phenoxy) is 1. The van der Waals surface area contributed by atoms with Crippen LogP contribution in [0.1, 0.15) is 11.1 Å². The molecule has 4 aromatic rings. The molecule has 5 heteroatoms. The Hall–Kier alpha value is -3.02. The van der Waals surface area contributed by atoms with Gasteiger partial charge in [-0.3, -0.25) is 0 Å². The first-order valence-corrected chi connectivity index (χ1v) is 8.99. The van der Waals surface area contributed by atoms with Gasteiger partial charge in [-0.1, -0.05) is 36.4 Å². The van der Waals surface area contributed by atoms with Gasteiger partial charge in [0, 0.05) is 17.3 Å². The van der Waals surface area contributed by atoms with Gasteiger partial charge in [0.2, 0.25) is 0 Å². The Morgan fingerprint density at radius 3 is 2.78 bits per heavy atom. The van der Waals surface area contributed by atoms with E-state index in [1.54, 1.807) is 0 Å². The third kappa shape index (κ3) is 3.01. The quantitative estimate of drug-likeness (QED) is 0.571. The topological polar surface area (TPSA) is 43.6 Å². The summed E-state index contributed by atoms with van der Waals surface area (Å²) in [6, 6.07) is 24.4. The minimum absolute atomic E-state index is 0.464. The van der Waals surface area contributed by atoms with E-state index < -0.39 is 7.12 Å². The fourth-order valence-electron chi connectivity index (χ4n) is 3.53. The summed E-state index contributed by atoms with van der Waals surface area (Å²) < 4.78 is 13.3. The lowest BCUT2D eigenvalue weighted by molar-refractivity contribution is 0.275. The molecule has 0 saturated carbocycles. The van der Waals surface area contributed by atoms with Crippen molar-refractivity contribution in [3.8, 4) is 11.4 Å². The van der Waals surface area contributed by atoms with Crippen LogP contribution >= 0.6 is 0 Å². The Bertz CT molecular complexity index is 1110. The third-order valence-electron chi connectivity index (χ3n) is 4.98. The normalized spacial score (nSPS) is 13.1. The number of aromatic nitrogens is 1. The molecule has 0 fully saturated rings. The van der Waals surface area contributed by atoms with Crippen LogP contribution in [0.25, 0.3) is 16.6 Å². The zero-order valence-electron chi connectivity index (χ0n) is 14.7. The molecule has 0 spiro atoms. The average Bonchev–Trinajstić information content (AvgIpc) is 3.30. The van der Waals surface area contributed by atoms with Gasteiger partial charge in [-0.05, 0) is 53.0 Å². The average molecular weight is 355 g/mol. The molecule has 27 heavy (non-hydrogen) atoms. The number of fused-ring (bicyclic) bond motifs is 2. The highest BCUT2D eigenvalue weighted by Gasteiger charge is 2.27. The molecular weight excluding hydrogens is 337 g/mol. The van der Waals surface area contributed by atoms with Crippen LogP contribution in [0.4, 0.5) is 0 Å². The molecule has 1 aliphatic rings. The maximum absolute atomic E-state index is 9.96. The van der Waals surface area contributed by atoms with Crippen molar-refractivity contribution in [3.05, 3.63) is 90.1 Å². The molecule has 0 unspecified atom stereocenters. The lowest BCUT2D eigenvalue weighted by atomic mass is 9.79. The predicted octanol–water partition coefficient (Wildman–Crippen LogP) is 3.43. The summed E-state index contributed by atoms with van der Waals surface area (Å²) in [5.74, 6) is 0.849. The zero-order chi connectivity index (χ0) is 18.2. The first-order chi connectivity index (χ1) is 13.3. The number of nitrogens with zero attached hydrogens (tertiary/aromatic N) is 1. The highest BCUT2D eigenvalue weighted by Crippen LogP contribution is 2.26. The molecule has 5 rings (SSSR count). The molecule has 0 radical (unpaired) electrons. The van der Waals surface area contributed by atoms with E-state index in [9.17, 15) is 5.02 Å². The largest absolute Gasteiger partial charge is 0.491 e. The van der Waals surface area contributed by atoms with E-state index in [0.717, 1.165) is 38.9 Å². The van der Waals surface area contributed by atoms with Crippen molar-refractivity contribution >= 4 is 23.5 Å². The molecule has 132 valence electrons. The van der Waals surface area contributed by atoms with Gasteiger partial charge in [-0.2, -0.15) is 0 Å². The van der Waals surface area contributed by atoms with Gasteiger partial charge in [0.25, 0.3) is 0 Å². The van der Waals surface area contributed by atoms with Crippen LogP contribution < -0.4 is 10.2 Å². The Labute approximate surface area is 157 Å². The molecule has 0 saturated heterocycles. The minimum atomic E-state index is -0.834. The Balaban J connectivity index is 1.43. The lowest BCUT2D eigenvalue weighted by Crippen LogP contribution is -2.28. The van der Waals surface area contributed by atoms with E-state index in [1.807, 2.05) is 42.6 Å². The maximum atomic E-state index is 9.96. The van der Waals surface area contributed by atoms with Crippen LogP contribution in [0.2, 0.25) is 0 Å². The maximum Gasteiger partial charge on any atom is 0.491 e. The first-order valence-electron chi connectivity index (χ1n) is 8.99. The molecule has 1 aromatic heterocycles. The van der Waals surface area contributed by atoms with Gasteiger partial charge in [0.1, 0.15) is 12.4 Å². The van der Waals surface area contributed by atoms with Crippen molar-refractivity contribution in [2.45, 2.75) is 13.2 Å². The highest BCUT2D eigenvalue weighted by atomic mass is 16.5. The van der Waals surface area contributed by atoms with E-state index in [-0.39, 0.29) is 0 Å². The van der Waals surface area contributed by atoms with Crippen LogP contribution in [-0.4, -0.2) is 16.7 Å². The molecule has 0 aliphatic carbocycles. The number of hydrogen-bond donors (Lipinski definition) is 1. The second-order valence-corrected chi connectivity index (χ2v) is 6.73. The molecule has 1 N–H and O–H groups in total. The van der Waals surface area contributed by atoms with Crippen molar-refractivity contribution in [2.24, 2.45) is 0 Å². The fourth-order valence-corrected chi connectivity index (χ4v) is 3.53. The Morgan fingerprint density at radius 1 is 1.00 bits per heavy atom. The SMILES string of the molecule is OB1OCc2ccc(-n3ccc4cc(OCc5ccccc5)ccc43)cc21. The van der Waals surface area contributed by atoms with E-state index in [2.05, 4.69) is 41.0 Å². The van der Waals surface area contributed by atoms with Gasteiger partial charge in [0.05, 0.1) is 12.1 Å². The highest BCUT2D eigenvalue weighted by molar-refractivity contribution is 6.61. The molecule has 1 aliphatic heterocycles. The standard InChI is InChI=1S/C22H18BNO3/c25-23-21-13-19(7-6-18(21)15-27-23)24-11-10-17-12-20(8-9-22(17)24)26-14-16-4-2-1-3-5-16/h1-13,25H,14-15H2. The van der Waals surface area contributed by atoms with Crippen molar-refractivity contribution in [3.63, 3.8) is 0 Å². The van der Waals surface area contributed by atoms with Crippen LogP contribution in [0, 0.1) is 0 Å². The van der Waals surface area contributed by atoms with Crippen molar-refractivity contribution < 1.29 is 14.4 Å². The summed E-state index contributed by atoms with van der Waals surface area (Å²) in [5, 5.41) is 11.1. The Morgan fingerprint density at radius 2 is 1.89 bits per heavy atom. The van der Waals surface area contributed by atoms with Crippen molar-refractivity contribution in [1.82, 2.24) is 4.57 Å². The smallest absolute Gasteiger partial charge is 0.489 e. The summed E-state index contributed by atoms with van der Waals surface area (Å²) in [6.45, 7) is 1.01. The lowest BCUT2D eigenvalue weighted by Gasteiger charge is -2.09. The summed E-state index contributed by atoms with van der Waals surface area (Å²) in [4.78, 5) is 0. The van der Waals surface area contributed by atoms with Crippen LogP contribution in [0.15, 0.2) is 79.0 Å². The van der Waals surface area contributed by atoms with Crippen molar-refractivity contribution in [1.29, 1.82) is 0 Å². The zero-order valence-corrected chi connectivity index (χ0v) is 14.7. The molecule has 0 amide bonds. The van der Waals surface area contributed by atoms with Crippen LogP contribution in [0.5, 0.6) is 5.75 Å². The van der Waals surface area contributed by atoms with Gasteiger partial charge >= 0.3 is 7.12 Å². The Kier molecular flexibility index (Phi) is 3.96. The molecule has 0 atom stereocenters. The van der Waals surface area contributed by atoms with Gasteiger partial charge in [-0.15, -0.1) is 0 Å². The summed E-state index contributed by atoms with van der Waals surface area (Å²) in [7, 11) is -0.834. The van der Waals surface area contributed by atoms with E-state index in [1.165, 1.54) is 0 Å². The molecule has 4 nitrogen and oxygen atoms in total. The molecular formula is C22H18BNO3. The van der Waals surface area contributed by atoms with Crippen LogP contribution in [0.3, 0.4) is 0 Å². The first kappa shape index (κ1) is 16.2. The van der Waals surface area contributed by atoms with E-state index in [4.69, 9.17) is 9.39 Å². The van der Waals surface area contributed by atoms with Gasteiger partial charge in [-0.25, -0.2) is 0 Å². The molecule has 3 aromatic carbocycles. The third-order valence-corrected chi connectivity index (χ3v) is 4.98. The van der Waals surface area contributed by atoms with Gasteiger partial charge < -0.3 is 19.0 Å². The monoisotopic (exact) mass is 355 g/mol. The number of rotatable bonds is 4. The molecule has 0 bridgehead atoms. The number of hydrogen-bond acceptors (Lipinski definition) is 3. The van der Waals surface area contributed by atoms with Crippen LogP contribution in [-0.2, 0) is 17.9 Å². The predicted molar refractivity (Wildman–Crippen MR) is 106 cm³/mol. The second-order valence-electron chi connectivity index (χ2n) is 6.73. The summed E-state index contributed by atoms with van der Waals surface area (Å²) >= 11 is 0. The molecule has 2 heterocycles. The second kappa shape index (κ2) is 6.61. The minimum Gasteiger partial charge on any atom is -0.489 e. The van der Waals surface area contributed by atoms with Crippen molar-refractivity contribution in [2.75, 3.05) is 0 Å².